The number of carbonyl (C=O) groups is 1. The molecule has 0 aliphatic carbocycles. The molecule has 0 spiro atoms. The highest BCUT2D eigenvalue weighted by atomic mass is 16.7. The number of benzene rings is 1. The SMILES string of the molecule is N=C(N)CC(=O)Nc1ccc2c(c1)OCO2. The maximum absolute atomic E-state index is 11.3. The van der Waals surface area contributed by atoms with Gasteiger partial charge in [-0.2, -0.15) is 0 Å². The van der Waals surface area contributed by atoms with Gasteiger partial charge in [0.1, 0.15) is 5.84 Å². The molecule has 0 bridgehead atoms. The second-order valence-electron chi connectivity index (χ2n) is 3.32. The van der Waals surface area contributed by atoms with Crippen LogP contribution in [0.25, 0.3) is 0 Å². The lowest BCUT2D eigenvalue weighted by atomic mass is 10.2. The van der Waals surface area contributed by atoms with Crippen LogP contribution in [-0.2, 0) is 4.79 Å². The Labute approximate surface area is 91.8 Å². The van der Waals surface area contributed by atoms with E-state index < -0.39 is 0 Å². The zero-order chi connectivity index (χ0) is 11.5. The lowest BCUT2D eigenvalue weighted by molar-refractivity contribution is -0.115. The third-order valence-electron chi connectivity index (χ3n) is 2.01. The molecule has 0 saturated carbocycles. The van der Waals surface area contributed by atoms with Crippen LogP contribution in [-0.4, -0.2) is 18.5 Å². The molecule has 0 atom stereocenters. The fraction of sp³-hybridized carbons (Fsp3) is 0.200. The van der Waals surface area contributed by atoms with E-state index in [2.05, 4.69) is 5.32 Å². The van der Waals surface area contributed by atoms with Gasteiger partial charge in [-0.15, -0.1) is 0 Å². The summed E-state index contributed by atoms with van der Waals surface area (Å²) in [5, 5.41) is 9.59. The Bertz CT molecular complexity index is 445. The molecule has 6 heteroatoms. The van der Waals surface area contributed by atoms with Crippen molar-refractivity contribution in [1.82, 2.24) is 0 Å². The fourth-order valence-corrected chi connectivity index (χ4v) is 1.35. The molecule has 1 aliphatic rings. The van der Waals surface area contributed by atoms with E-state index in [4.69, 9.17) is 20.6 Å². The summed E-state index contributed by atoms with van der Waals surface area (Å²) in [6, 6.07) is 5.08. The fourth-order valence-electron chi connectivity index (χ4n) is 1.35. The van der Waals surface area contributed by atoms with E-state index in [1.54, 1.807) is 18.2 Å². The number of fused-ring (bicyclic) bond motifs is 1. The van der Waals surface area contributed by atoms with E-state index in [1.807, 2.05) is 0 Å². The van der Waals surface area contributed by atoms with Gasteiger partial charge >= 0.3 is 0 Å². The van der Waals surface area contributed by atoms with Crippen LogP contribution in [0.2, 0.25) is 0 Å². The van der Waals surface area contributed by atoms with Gasteiger partial charge in [0.2, 0.25) is 12.7 Å². The molecule has 1 aliphatic heterocycles. The number of anilines is 1. The second-order valence-corrected chi connectivity index (χ2v) is 3.32. The minimum absolute atomic E-state index is 0.117. The van der Waals surface area contributed by atoms with Gasteiger partial charge in [0, 0.05) is 11.8 Å². The lowest BCUT2D eigenvalue weighted by Gasteiger charge is -2.05. The van der Waals surface area contributed by atoms with Crippen LogP contribution in [0, 0.1) is 5.41 Å². The summed E-state index contributed by atoms with van der Waals surface area (Å²) in [7, 11) is 0. The Morgan fingerprint density at radius 2 is 2.19 bits per heavy atom. The summed E-state index contributed by atoms with van der Waals surface area (Å²) in [5.74, 6) is 0.759. The molecule has 1 aromatic rings. The Morgan fingerprint density at radius 3 is 2.94 bits per heavy atom. The van der Waals surface area contributed by atoms with Crippen molar-refractivity contribution in [2.24, 2.45) is 5.73 Å². The predicted octanol–water partition coefficient (Wildman–Crippen LogP) is 0.680. The topological polar surface area (TPSA) is 97.4 Å². The number of ether oxygens (including phenoxy) is 2. The molecule has 84 valence electrons. The quantitative estimate of drug-likeness (QED) is 0.516. The summed E-state index contributed by atoms with van der Waals surface area (Å²) in [6.07, 6.45) is -0.117. The van der Waals surface area contributed by atoms with Crippen molar-refractivity contribution in [2.45, 2.75) is 6.42 Å². The van der Waals surface area contributed by atoms with Crippen LogP contribution < -0.4 is 20.5 Å². The van der Waals surface area contributed by atoms with E-state index in [-0.39, 0.29) is 25.0 Å². The lowest BCUT2D eigenvalue weighted by Crippen LogP contribution is -2.20. The van der Waals surface area contributed by atoms with Gasteiger partial charge in [0.15, 0.2) is 11.5 Å². The molecule has 0 aromatic heterocycles. The molecule has 0 saturated heterocycles. The molecule has 4 N–H and O–H groups in total. The number of amidine groups is 1. The zero-order valence-electron chi connectivity index (χ0n) is 8.45. The standard InChI is InChI=1S/C10H11N3O3/c11-9(12)4-10(14)13-6-1-2-7-8(3-6)16-5-15-7/h1-3H,4-5H2,(H3,11,12)(H,13,14). The predicted molar refractivity (Wildman–Crippen MR) is 57.7 cm³/mol. The van der Waals surface area contributed by atoms with Crippen molar-refractivity contribution in [2.75, 3.05) is 12.1 Å². The minimum atomic E-state index is -0.327. The third kappa shape index (κ3) is 2.22. The molecular formula is C10H11N3O3. The largest absolute Gasteiger partial charge is 0.454 e. The third-order valence-corrected chi connectivity index (χ3v) is 2.01. The number of rotatable bonds is 3. The van der Waals surface area contributed by atoms with Crippen molar-refractivity contribution in [3.8, 4) is 11.5 Å². The van der Waals surface area contributed by atoms with Crippen LogP contribution >= 0.6 is 0 Å². The van der Waals surface area contributed by atoms with Crippen LogP contribution in [0.1, 0.15) is 6.42 Å². The molecule has 0 fully saturated rings. The van der Waals surface area contributed by atoms with Crippen molar-refractivity contribution in [3.05, 3.63) is 18.2 Å². The Morgan fingerprint density at radius 1 is 1.44 bits per heavy atom. The number of hydrogen-bond donors (Lipinski definition) is 3. The first-order valence-corrected chi connectivity index (χ1v) is 4.67. The van der Waals surface area contributed by atoms with Crippen LogP contribution in [0.3, 0.4) is 0 Å². The number of amides is 1. The Hall–Kier alpha value is -2.24. The van der Waals surface area contributed by atoms with Gasteiger partial charge in [-0.3, -0.25) is 10.2 Å². The van der Waals surface area contributed by atoms with Crippen molar-refractivity contribution < 1.29 is 14.3 Å². The van der Waals surface area contributed by atoms with Crippen LogP contribution in [0.15, 0.2) is 18.2 Å². The van der Waals surface area contributed by atoms with Crippen LogP contribution in [0.5, 0.6) is 11.5 Å². The molecule has 1 aromatic carbocycles. The minimum Gasteiger partial charge on any atom is -0.454 e. The average Bonchev–Trinajstić information content (AvgIpc) is 2.63. The summed E-state index contributed by atoms with van der Waals surface area (Å²) in [4.78, 5) is 11.3. The first-order valence-electron chi connectivity index (χ1n) is 4.67. The first-order chi connectivity index (χ1) is 7.65. The molecule has 16 heavy (non-hydrogen) atoms. The highest BCUT2D eigenvalue weighted by Gasteiger charge is 2.14. The molecule has 0 unspecified atom stereocenters. The highest BCUT2D eigenvalue weighted by molar-refractivity contribution is 6.04. The number of hydrogen-bond acceptors (Lipinski definition) is 4. The normalized spacial score (nSPS) is 12.2. The van der Waals surface area contributed by atoms with Gasteiger partial charge in [0.25, 0.3) is 0 Å². The molecule has 1 amide bonds. The zero-order valence-corrected chi connectivity index (χ0v) is 8.45. The Balaban J connectivity index is 2.05. The van der Waals surface area contributed by atoms with Crippen molar-refractivity contribution in [1.29, 1.82) is 5.41 Å². The number of carbonyl (C=O) groups excluding carboxylic acids is 1. The van der Waals surface area contributed by atoms with E-state index in [0.29, 0.717) is 17.2 Å². The molecule has 0 radical (unpaired) electrons. The maximum atomic E-state index is 11.3. The second kappa shape index (κ2) is 4.09. The van der Waals surface area contributed by atoms with E-state index >= 15 is 0 Å². The number of nitrogens with one attached hydrogen (secondary N) is 2. The number of nitrogens with two attached hydrogens (primary N) is 1. The molecule has 1 heterocycles. The Kier molecular flexibility index (Phi) is 2.63. The summed E-state index contributed by atoms with van der Waals surface area (Å²) >= 11 is 0. The molecule has 2 rings (SSSR count). The first kappa shape index (κ1) is 10.3. The van der Waals surface area contributed by atoms with E-state index in [9.17, 15) is 4.79 Å². The smallest absolute Gasteiger partial charge is 0.231 e. The van der Waals surface area contributed by atoms with Gasteiger partial charge in [0.05, 0.1) is 6.42 Å². The highest BCUT2D eigenvalue weighted by Crippen LogP contribution is 2.34. The average molecular weight is 221 g/mol. The van der Waals surface area contributed by atoms with Crippen LogP contribution in [0.4, 0.5) is 5.69 Å². The van der Waals surface area contributed by atoms with Gasteiger partial charge < -0.3 is 20.5 Å². The van der Waals surface area contributed by atoms with Gasteiger partial charge in [-0.05, 0) is 12.1 Å². The van der Waals surface area contributed by atoms with Gasteiger partial charge in [-0.25, -0.2) is 0 Å². The van der Waals surface area contributed by atoms with E-state index in [1.165, 1.54) is 0 Å². The summed E-state index contributed by atoms with van der Waals surface area (Å²) < 4.78 is 10.3. The van der Waals surface area contributed by atoms with E-state index in [0.717, 1.165) is 0 Å². The summed E-state index contributed by atoms with van der Waals surface area (Å²) in [5.41, 5.74) is 5.71. The molecule has 6 nitrogen and oxygen atoms in total. The van der Waals surface area contributed by atoms with Crippen molar-refractivity contribution >= 4 is 17.4 Å². The maximum Gasteiger partial charge on any atom is 0.231 e. The van der Waals surface area contributed by atoms with Crippen molar-refractivity contribution in [3.63, 3.8) is 0 Å². The monoisotopic (exact) mass is 221 g/mol. The molecular weight excluding hydrogens is 210 g/mol. The summed E-state index contributed by atoms with van der Waals surface area (Å²) in [6.45, 7) is 0.195. The van der Waals surface area contributed by atoms with Gasteiger partial charge in [-0.1, -0.05) is 0 Å².